The van der Waals surface area contributed by atoms with Crippen molar-refractivity contribution in [1.29, 1.82) is 0 Å². The van der Waals surface area contributed by atoms with E-state index in [1.165, 1.54) is 43.0 Å². The van der Waals surface area contributed by atoms with E-state index in [9.17, 15) is 0 Å². The van der Waals surface area contributed by atoms with Gasteiger partial charge in [0.2, 0.25) is 0 Å². The molecule has 0 atom stereocenters. The van der Waals surface area contributed by atoms with Crippen LogP contribution in [0.1, 0.15) is 17.5 Å². The van der Waals surface area contributed by atoms with E-state index < -0.39 is 5.43 Å². The van der Waals surface area contributed by atoms with Gasteiger partial charge in [-0.15, -0.1) is 46.2 Å². The standard InChI is InChI=1S/C15H13.C12H10Si.C5H5.2ClH.Zr/c1-10-3-5-14-12(7-10)9-13-8-11(2)4-6-15(13)14;1-3-7-11(8-4-1)13-12-9-5-2-6-10-12;1-2-4-5-3-1;;;/h3-9H,1-2H3;1-10H;1-3H,4H2;2*1H;/q-1;;-1;;;+2/p-2. The van der Waals surface area contributed by atoms with Gasteiger partial charge in [-0.05, 0) is 13.8 Å². The molecule has 0 aliphatic heterocycles. The van der Waals surface area contributed by atoms with Crippen molar-refractivity contribution in [1.82, 2.24) is 0 Å². The Labute approximate surface area is 242 Å². The van der Waals surface area contributed by atoms with E-state index >= 15 is 0 Å². The molecule has 0 aromatic heterocycles. The van der Waals surface area contributed by atoms with Gasteiger partial charge in [0.25, 0.3) is 0 Å². The summed E-state index contributed by atoms with van der Waals surface area (Å²) in [6.07, 6.45) is 10.0. The van der Waals surface area contributed by atoms with E-state index in [4.69, 9.17) is 0 Å². The van der Waals surface area contributed by atoms with Crippen LogP contribution in [-0.2, 0) is 23.3 Å². The van der Waals surface area contributed by atoms with Crippen LogP contribution < -0.4 is 35.2 Å². The molecular formula is C32H28Cl2SiZr-2. The summed E-state index contributed by atoms with van der Waals surface area (Å²) in [4.78, 5) is 0. The quantitative estimate of drug-likeness (QED) is 0.209. The van der Waals surface area contributed by atoms with Crippen LogP contribution >= 0.6 is 0 Å². The average molecular weight is 603 g/mol. The molecule has 0 radical (unpaired) electrons. The van der Waals surface area contributed by atoms with Gasteiger partial charge in [0, 0.05) is 0 Å². The van der Waals surface area contributed by atoms with Gasteiger partial charge in [-0.3, -0.25) is 6.08 Å². The summed E-state index contributed by atoms with van der Waals surface area (Å²) in [5.41, 5.74) is 2.20. The molecule has 0 bridgehead atoms. The Bertz CT molecular complexity index is 1340. The molecule has 6 rings (SSSR count). The summed E-state index contributed by atoms with van der Waals surface area (Å²) >= 11 is 1.64. The second-order valence-corrected chi connectivity index (χ2v) is 14.0. The number of hydrogen-bond donors (Lipinski definition) is 0. The van der Waals surface area contributed by atoms with Crippen LogP contribution in [0.25, 0.3) is 21.5 Å². The van der Waals surface area contributed by atoms with E-state index in [1.807, 2.05) is 12.2 Å². The van der Waals surface area contributed by atoms with Gasteiger partial charge >= 0.3 is 99.8 Å². The zero-order chi connectivity index (χ0) is 23.8. The van der Waals surface area contributed by atoms with Crippen molar-refractivity contribution in [3.63, 3.8) is 0 Å². The molecule has 0 unspecified atom stereocenters. The summed E-state index contributed by atoms with van der Waals surface area (Å²) in [5.74, 6) is 0. The summed E-state index contributed by atoms with van der Waals surface area (Å²) < 4.78 is 0. The van der Waals surface area contributed by atoms with Crippen molar-refractivity contribution in [2.24, 2.45) is 0 Å². The van der Waals surface area contributed by atoms with Crippen LogP contribution in [0.2, 0.25) is 0 Å². The molecule has 0 saturated carbocycles. The Morgan fingerprint density at radius 1 is 0.694 bits per heavy atom. The van der Waals surface area contributed by atoms with Crippen LogP contribution in [0, 0.1) is 19.9 Å². The van der Waals surface area contributed by atoms with Crippen LogP contribution in [-0.4, -0.2) is 5.43 Å². The molecule has 0 saturated heterocycles. The van der Waals surface area contributed by atoms with E-state index in [0.717, 1.165) is 6.42 Å². The normalized spacial score (nSPS) is 11.0. The van der Waals surface area contributed by atoms with Gasteiger partial charge in [0.1, 0.15) is 0 Å². The number of fused-ring (bicyclic) bond motifs is 3. The number of aryl methyl sites for hydroxylation is 2. The monoisotopic (exact) mass is 600 g/mol. The Morgan fingerprint density at radius 2 is 1.17 bits per heavy atom. The van der Waals surface area contributed by atoms with Crippen molar-refractivity contribution in [3.8, 4) is 0 Å². The Balaban J connectivity index is 0.000000204. The maximum absolute atomic E-state index is 2.99. The third-order valence-corrected chi connectivity index (χ3v) is 11.8. The van der Waals surface area contributed by atoms with Gasteiger partial charge < -0.3 is 24.8 Å². The SMILES string of the molecule is Cc1ccc2c(c1)[cH-]c1cc(C)ccc12.[C-]1=CC=CC1.[Cl-].[Cl-].[Zr+2]=[Si](c1ccccc1)c1ccccc1. The summed E-state index contributed by atoms with van der Waals surface area (Å²) in [7, 11) is 0. The maximum atomic E-state index is 2.99. The first-order valence-corrected chi connectivity index (χ1v) is 16.8. The minimum atomic E-state index is -0.455. The minimum absolute atomic E-state index is 0. The van der Waals surface area contributed by atoms with Crippen molar-refractivity contribution >= 4 is 37.4 Å². The zero-order valence-electron chi connectivity index (χ0n) is 20.5. The number of allylic oxidation sites excluding steroid dienone is 4. The van der Waals surface area contributed by atoms with Gasteiger partial charge in [-0.25, -0.2) is 12.2 Å². The fourth-order valence-corrected chi connectivity index (χ4v) is 7.82. The van der Waals surface area contributed by atoms with Crippen LogP contribution in [0.15, 0.2) is 121 Å². The number of rotatable bonds is 2. The number of benzene rings is 4. The van der Waals surface area contributed by atoms with E-state index in [0.29, 0.717) is 0 Å². The molecule has 1 aliphatic rings. The van der Waals surface area contributed by atoms with Crippen LogP contribution in [0.3, 0.4) is 0 Å². The molecule has 0 amide bonds. The molecule has 4 heteroatoms. The predicted octanol–water partition coefficient (Wildman–Crippen LogP) is 0.982. The van der Waals surface area contributed by atoms with Gasteiger partial charge in [-0.1, -0.05) is 35.4 Å². The van der Waals surface area contributed by atoms with Crippen molar-refractivity contribution in [3.05, 3.63) is 139 Å². The van der Waals surface area contributed by atoms with Crippen LogP contribution in [0.4, 0.5) is 0 Å². The molecule has 0 spiro atoms. The predicted molar refractivity (Wildman–Crippen MR) is 146 cm³/mol. The summed E-state index contributed by atoms with van der Waals surface area (Å²) in [6.45, 7) is 4.28. The third kappa shape index (κ3) is 8.22. The number of halogens is 2. The van der Waals surface area contributed by atoms with Gasteiger partial charge in [-0.2, -0.15) is 6.08 Å². The molecule has 0 N–H and O–H groups in total. The van der Waals surface area contributed by atoms with Crippen LogP contribution in [0.5, 0.6) is 0 Å². The van der Waals surface area contributed by atoms with E-state index in [2.05, 4.69) is 129 Å². The van der Waals surface area contributed by atoms with Gasteiger partial charge in [0.05, 0.1) is 0 Å². The molecule has 0 heterocycles. The van der Waals surface area contributed by atoms with Crippen molar-refractivity contribution in [2.75, 3.05) is 0 Å². The molecule has 1 aliphatic carbocycles. The van der Waals surface area contributed by atoms with Crippen molar-refractivity contribution in [2.45, 2.75) is 20.3 Å². The first-order chi connectivity index (χ1) is 16.6. The Morgan fingerprint density at radius 3 is 1.53 bits per heavy atom. The topological polar surface area (TPSA) is 0 Å². The van der Waals surface area contributed by atoms with E-state index in [-0.39, 0.29) is 24.8 Å². The molecule has 0 nitrogen and oxygen atoms in total. The molecule has 180 valence electrons. The Kier molecular flexibility index (Phi) is 12.7. The summed E-state index contributed by atoms with van der Waals surface area (Å²) in [6, 6.07) is 37.3. The molecular weight excluding hydrogens is 575 g/mol. The molecule has 5 aromatic carbocycles. The molecule has 0 fully saturated rings. The van der Waals surface area contributed by atoms with Crippen molar-refractivity contribution < 1.29 is 48.1 Å². The zero-order valence-corrected chi connectivity index (χ0v) is 25.5. The average Bonchev–Trinajstić information content (AvgIpc) is 3.56. The first-order valence-electron chi connectivity index (χ1n) is 11.6. The summed E-state index contributed by atoms with van der Waals surface area (Å²) in [5, 5.41) is 8.49. The fraction of sp³-hybridized carbons (Fsp3) is 0.0938. The molecule has 36 heavy (non-hydrogen) atoms. The molecule has 5 aromatic rings. The van der Waals surface area contributed by atoms with Gasteiger partial charge in [0.15, 0.2) is 0 Å². The number of hydrogen-bond acceptors (Lipinski definition) is 0. The fourth-order valence-electron chi connectivity index (χ4n) is 3.98. The second kappa shape index (κ2) is 15.2. The Hall–Kier alpha value is -2.09. The first kappa shape index (κ1) is 30.1. The second-order valence-electron chi connectivity index (χ2n) is 8.44. The van der Waals surface area contributed by atoms with E-state index in [1.54, 1.807) is 23.3 Å². The third-order valence-electron chi connectivity index (χ3n) is 5.73.